The van der Waals surface area contributed by atoms with Gasteiger partial charge in [-0.1, -0.05) is 18.2 Å². The van der Waals surface area contributed by atoms with Crippen molar-refractivity contribution in [3.05, 3.63) is 53.9 Å². The Morgan fingerprint density at radius 3 is 1.89 bits per heavy atom. The van der Waals surface area contributed by atoms with Gasteiger partial charge in [0, 0.05) is 12.1 Å². The molecule has 19 heavy (non-hydrogen) atoms. The van der Waals surface area contributed by atoms with E-state index in [1.54, 1.807) is 30.3 Å². The van der Waals surface area contributed by atoms with Crippen LogP contribution in [0.15, 0.2) is 42.5 Å². The van der Waals surface area contributed by atoms with Crippen molar-refractivity contribution in [1.82, 2.24) is 4.98 Å². The molecule has 0 saturated carbocycles. The molecule has 0 aliphatic carbocycles. The molecule has 6 nitrogen and oxygen atoms in total. The first kappa shape index (κ1) is 12.6. The van der Waals surface area contributed by atoms with Gasteiger partial charge in [-0.2, -0.15) is 0 Å². The van der Waals surface area contributed by atoms with E-state index in [1.165, 1.54) is 12.1 Å². The number of hydrogen-bond donors (Lipinski definition) is 2. The minimum absolute atomic E-state index is 0.107. The van der Waals surface area contributed by atoms with Crippen LogP contribution in [0.5, 0.6) is 11.5 Å². The van der Waals surface area contributed by atoms with Crippen LogP contribution < -0.4 is 4.74 Å². The number of carboxylic acid groups (broad SMARTS) is 2. The van der Waals surface area contributed by atoms with Crippen molar-refractivity contribution < 1.29 is 24.5 Å². The van der Waals surface area contributed by atoms with Crippen LogP contribution in [0.25, 0.3) is 0 Å². The Morgan fingerprint density at radius 1 is 0.895 bits per heavy atom. The highest BCUT2D eigenvalue weighted by Gasteiger charge is 2.14. The number of benzene rings is 1. The van der Waals surface area contributed by atoms with Crippen LogP contribution in [0.3, 0.4) is 0 Å². The van der Waals surface area contributed by atoms with Crippen LogP contribution >= 0.6 is 0 Å². The van der Waals surface area contributed by atoms with E-state index < -0.39 is 11.9 Å². The SMILES string of the molecule is O=C(O)c1cc(Oc2ccccc2)cc(C(=O)O)n1. The van der Waals surface area contributed by atoms with Crippen LogP contribution in [0.4, 0.5) is 0 Å². The lowest BCUT2D eigenvalue weighted by atomic mass is 10.2. The molecule has 6 heteroatoms. The van der Waals surface area contributed by atoms with Gasteiger partial charge in [0.05, 0.1) is 0 Å². The number of carboxylic acids is 2. The Morgan fingerprint density at radius 2 is 1.42 bits per heavy atom. The number of rotatable bonds is 4. The van der Waals surface area contributed by atoms with E-state index in [4.69, 9.17) is 14.9 Å². The van der Waals surface area contributed by atoms with Crippen molar-refractivity contribution in [3.63, 3.8) is 0 Å². The molecule has 2 N–H and O–H groups in total. The van der Waals surface area contributed by atoms with Crippen LogP contribution in [0.1, 0.15) is 21.0 Å². The highest BCUT2D eigenvalue weighted by molar-refractivity contribution is 5.90. The van der Waals surface area contributed by atoms with E-state index in [1.807, 2.05) is 0 Å². The zero-order valence-electron chi connectivity index (χ0n) is 9.61. The van der Waals surface area contributed by atoms with Gasteiger partial charge in [-0.05, 0) is 12.1 Å². The predicted octanol–water partition coefficient (Wildman–Crippen LogP) is 2.27. The van der Waals surface area contributed by atoms with Crippen molar-refractivity contribution >= 4 is 11.9 Å². The summed E-state index contributed by atoms with van der Waals surface area (Å²) in [6.45, 7) is 0. The molecule has 0 bridgehead atoms. The smallest absolute Gasteiger partial charge is 0.354 e. The summed E-state index contributed by atoms with van der Waals surface area (Å²) in [5, 5.41) is 17.7. The molecule has 2 rings (SSSR count). The first-order valence-electron chi connectivity index (χ1n) is 5.28. The Bertz CT molecular complexity index is 592. The Balaban J connectivity index is 2.39. The average Bonchev–Trinajstić information content (AvgIpc) is 2.39. The Kier molecular flexibility index (Phi) is 3.42. The number of nitrogens with zero attached hydrogens (tertiary/aromatic N) is 1. The summed E-state index contributed by atoms with van der Waals surface area (Å²) in [6, 6.07) is 11.0. The molecule has 96 valence electrons. The number of ether oxygens (including phenoxy) is 1. The number of para-hydroxylation sites is 1. The maximum absolute atomic E-state index is 10.9. The first-order valence-corrected chi connectivity index (χ1v) is 5.28. The van der Waals surface area contributed by atoms with Crippen molar-refractivity contribution in [2.75, 3.05) is 0 Å². The molecule has 1 aromatic carbocycles. The standard InChI is InChI=1S/C13H9NO5/c15-12(16)10-6-9(7-11(14-10)13(17)18)19-8-4-2-1-3-5-8/h1-7H,(H,15,16)(H,17,18). The van der Waals surface area contributed by atoms with E-state index in [-0.39, 0.29) is 17.1 Å². The number of carbonyl (C=O) groups is 2. The summed E-state index contributed by atoms with van der Waals surface area (Å²) < 4.78 is 5.39. The monoisotopic (exact) mass is 259 g/mol. The van der Waals surface area contributed by atoms with Gasteiger partial charge in [-0.15, -0.1) is 0 Å². The molecular formula is C13H9NO5. The second-order valence-electron chi connectivity index (χ2n) is 3.60. The Hall–Kier alpha value is -2.89. The molecule has 0 radical (unpaired) electrons. The topological polar surface area (TPSA) is 96.7 Å². The third kappa shape index (κ3) is 3.06. The normalized spacial score (nSPS) is 9.89. The molecular weight excluding hydrogens is 250 g/mol. The summed E-state index contributed by atoms with van der Waals surface area (Å²) in [7, 11) is 0. The average molecular weight is 259 g/mol. The zero-order valence-corrected chi connectivity index (χ0v) is 9.61. The highest BCUT2D eigenvalue weighted by Crippen LogP contribution is 2.22. The van der Waals surface area contributed by atoms with Gasteiger partial charge in [0.25, 0.3) is 0 Å². The van der Waals surface area contributed by atoms with Crippen LogP contribution in [-0.2, 0) is 0 Å². The lowest BCUT2D eigenvalue weighted by molar-refractivity contribution is 0.0684. The van der Waals surface area contributed by atoms with Crippen LogP contribution in [0, 0.1) is 0 Å². The predicted molar refractivity (Wildman–Crippen MR) is 64.7 cm³/mol. The second-order valence-corrected chi connectivity index (χ2v) is 3.60. The van der Waals surface area contributed by atoms with Crippen LogP contribution in [-0.4, -0.2) is 27.1 Å². The van der Waals surface area contributed by atoms with E-state index >= 15 is 0 Å². The molecule has 0 saturated heterocycles. The molecule has 0 aliphatic heterocycles. The lowest BCUT2D eigenvalue weighted by Gasteiger charge is -2.07. The molecule has 1 heterocycles. The lowest BCUT2D eigenvalue weighted by Crippen LogP contribution is -2.07. The Labute approximate surface area is 107 Å². The minimum atomic E-state index is -1.32. The zero-order chi connectivity index (χ0) is 13.8. The number of pyridine rings is 1. The summed E-state index contributed by atoms with van der Waals surface area (Å²) >= 11 is 0. The van der Waals surface area contributed by atoms with E-state index in [0.29, 0.717) is 5.75 Å². The van der Waals surface area contributed by atoms with Gasteiger partial charge in [-0.3, -0.25) is 0 Å². The molecule has 0 amide bonds. The van der Waals surface area contributed by atoms with Crippen molar-refractivity contribution in [3.8, 4) is 11.5 Å². The number of hydrogen-bond acceptors (Lipinski definition) is 4. The quantitative estimate of drug-likeness (QED) is 0.874. The van der Waals surface area contributed by atoms with Gasteiger partial charge in [0.15, 0.2) is 11.4 Å². The van der Waals surface area contributed by atoms with Crippen molar-refractivity contribution in [2.45, 2.75) is 0 Å². The fraction of sp³-hybridized carbons (Fsp3) is 0. The van der Waals surface area contributed by atoms with Gasteiger partial charge in [0.2, 0.25) is 0 Å². The van der Waals surface area contributed by atoms with E-state index in [0.717, 1.165) is 0 Å². The molecule has 0 aliphatic rings. The maximum atomic E-state index is 10.9. The highest BCUT2D eigenvalue weighted by atomic mass is 16.5. The second kappa shape index (κ2) is 5.18. The van der Waals surface area contributed by atoms with Gasteiger partial charge in [0.1, 0.15) is 11.5 Å². The van der Waals surface area contributed by atoms with E-state index in [9.17, 15) is 9.59 Å². The molecule has 1 aromatic heterocycles. The number of aromatic nitrogens is 1. The molecule has 2 aromatic rings. The summed E-state index contributed by atoms with van der Waals surface area (Å²) in [4.78, 5) is 25.2. The maximum Gasteiger partial charge on any atom is 0.354 e. The van der Waals surface area contributed by atoms with Crippen molar-refractivity contribution in [1.29, 1.82) is 0 Å². The van der Waals surface area contributed by atoms with Gasteiger partial charge >= 0.3 is 11.9 Å². The fourth-order valence-corrected chi connectivity index (χ4v) is 1.41. The first-order chi connectivity index (χ1) is 9.06. The van der Waals surface area contributed by atoms with Crippen LogP contribution in [0.2, 0.25) is 0 Å². The largest absolute Gasteiger partial charge is 0.477 e. The molecule has 0 spiro atoms. The third-order valence-electron chi connectivity index (χ3n) is 2.22. The molecule has 0 fully saturated rings. The fourth-order valence-electron chi connectivity index (χ4n) is 1.41. The summed E-state index contributed by atoms with van der Waals surface area (Å²) in [6.07, 6.45) is 0. The van der Waals surface area contributed by atoms with Gasteiger partial charge < -0.3 is 14.9 Å². The summed E-state index contributed by atoms with van der Waals surface area (Å²) in [5.41, 5.74) is -0.767. The summed E-state index contributed by atoms with van der Waals surface area (Å²) in [5.74, 6) is -2.06. The molecule has 0 unspecified atom stereocenters. The molecule has 0 atom stereocenters. The minimum Gasteiger partial charge on any atom is -0.477 e. The third-order valence-corrected chi connectivity index (χ3v) is 2.22. The number of aromatic carboxylic acids is 2. The van der Waals surface area contributed by atoms with Crippen molar-refractivity contribution in [2.24, 2.45) is 0 Å². The van der Waals surface area contributed by atoms with Gasteiger partial charge in [-0.25, -0.2) is 14.6 Å². The van der Waals surface area contributed by atoms with E-state index in [2.05, 4.69) is 4.98 Å².